The molecule has 1 amide bonds. The molecule has 0 bridgehead atoms. The average molecular weight is 758 g/mol. The van der Waals surface area contributed by atoms with Crippen molar-refractivity contribution in [2.24, 2.45) is 0 Å². The van der Waals surface area contributed by atoms with Crippen molar-refractivity contribution in [3.05, 3.63) is 24.3 Å². The minimum atomic E-state index is -0.104. The highest BCUT2D eigenvalue weighted by Gasteiger charge is 1.99. The first kappa shape index (κ1) is 49.1. The molecule has 0 heterocycles. The Balaban J connectivity index is 1.64. The SMILES string of the molecule is CCCCCCCCCCCCCCCOCCOCCOCCOCCOCCOCCOCCOCCOCCOc1ccc(NC(C)=O)cc1. The number of hydrogen-bond acceptors (Lipinski definition) is 11. The molecular weight excluding hydrogens is 682 g/mol. The molecule has 0 spiro atoms. The number of unbranched alkanes of at least 4 members (excludes halogenated alkanes) is 12. The highest BCUT2D eigenvalue weighted by atomic mass is 16.6. The molecule has 0 saturated carbocycles. The van der Waals surface area contributed by atoms with Gasteiger partial charge in [0.15, 0.2) is 0 Å². The summed E-state index contributed by atoms with van der Waals surface area (Å²) < 4.78 is 55.4. The number of carbonyl (C=O) groups excluding carboxylic acids is 1. The maximum absolute atomic E-state index is 11.0. The molecule has 0 atom stereocenters. The van der Waals surface area contributed by atoms with Crippen LogP contribution in [0.3, 0.4) is 0 Å². The van der Waals surface area contributed by atoms with Crippen LogP contribution in [0.25, 0.3) is 0 Å². The number of anilines is 1. The van der Waals surface area contributed by atoms with Gasteiger partial charge in [-0.15, -0.1) is 0 Å². The number of hydrogen-bond donors (Lipinski definition) is 1. The van der Waals surface area contributed by atoms with Gasteiger partial charge in [0.05, 0.1) is 112 Å². The van der Waals surface area contributed by atoms with Crippen LogP contribution in [0.1, 0.15) is 97.3 Å². The second kappa shape index (κ2) is 41.3. The molecular formula is C41H75NO11. The molecule has 0 aliphatic carbocycles. The predicted molar refractivity (Wildman–Crippen MR) is 209 cm³/mol. The largest absolute Gasteiger partial charge is 0.491 e. The van der Waals surface area contributed by atoms with E-state index in [1.54, 1.807) is 24.3 Å². The van der Waals surface area contributed by atoms with Gasteiger partial charge in [-0.3, -0.25) is 4.79 Å². The third-order valence-corrected chi connectivity index (χ3v) is 8.04. The summed E-state index contributed by atoms with van der Waals surface area (Å²) in [4.78, 5) is 11.0. The van der Waals surface area contributed by atoms with Gasteiger partial charge >= 0.3 is 0 Å². The number of amides is 1. The molecule has 0 aliphatic heterocycles. The topological polar surface area (TPSA) is 121 Å². The zero-order valence-electron chi connectivity index (χ0n) is 33.4. The van der Waals surface area contributed by atoms with Crippen molar-refractivity contribution in [1.29, 1.82) is 0 Å². The fourth-order valence-corrected chi connectivity index (χ4v) is 5.14. The maximum Gasteiger partial charge on any atom is 0.221 e. The first-order valence-corrected chi connectivity index (χ1v) is 20.4. The summed E-state index contributed by atoms with van der Waals surface area (Å²) in [5, 5.41) is 2.72. The second-order valence-corrected chi connectivity index (χ2v) is 12.8. The van der Waals surface area contributed by atoms with E-state index in [0.717, 1.165) is 24.5 Å². The van der Waals surface area contributed by atoms with E-state index in [-0.39, 0.29) is 5.91 Å². The van der Waals surface area contributed by atoms with E-state index in [0.29, 0.717) is 119 Å². The van der Waals surface area contributed by atoms with Crippen molar-refractivity contribution in [3.8, 4) is 5.75 Å². The zero-order valence-corrected chi connectivity index (χ0v) is 33.4. The molecule has 1 N–H and O–H groups in total. The molecule has 53 heavy (non-hydrogen) atoms. The fraction of sp³-hybridized carbons (Fsp3) is 0.829. The molecule has 0 fully saturated rings. The molecule has 0 unspecified atom stereocenters. The summed E-state index contributed by atoms with van der Waals surface area (Å²) in [6, 6.07) is 7.20. The lowest BCUT2D eigenvalue weighted by molar-refractivity contribution is -0.114. The Morgan fingerprint density at radius 1 is 0.396 bits per heavy atom. The van der Waals surface area contributed by atoms with Gasteiger partial charge in [-0.25, -0.2) is 0 Å². The van der Waals surface area contributed by atoms with Gasteiger partial charge in [-0.2, -0.15) is 0 Å². The summed E-state index contributed by atoms with van der Waals surface area (Å²) >= 11 is 0. The van der Waals surface area contributed by atoms with E-state index in [9.17, 15) is 4.79 Å². The molecule has 0 saturated heterocycles. The van der Waals surface area contributed by atoms with Crippen LogP contribution >= 0.6 is 0 Å². The molecule has 0 aliphatic rings. The Labute approximate surface area is 321 Å². The second-order valence-electron chi connectivity index (χ2n) is 12.8. The number of rotatable bonds is 43. The van der Waals surface area contributed by atoms with Crippen LogP contribution < -0.4 is 10.1 Å². The monoisotopic (exact) mass is 758 g/mol. The quantitative estimate of drug-likeness (QED) is 0.0678. The zero-order chi connectivity index (χ0) is 38.0. The first-order chi connectivity index (χ1) is 26.2. The van der Waals surface area contributed by atoms with E-state index in [1.165, 1.54) is 84.0 Å². The molecule has 0 aromatic heterocycles. The van der Waals surface area contributed by atoms with E-state index in [4.69, 9.17) is 47.4 Å². The minimum absolute atomic E-state index is 0.104. The lowest BCUT2D eigenvalue weighted by Gasteiger charge is -2.09. The van der Waals surface area contributed by atoms with Gasteiger partial charge in [-0.05, 0) is 30.7 Å². The van der Waals surface area contributed by atoms with Gasteiger partial charge in [-0.1, -0.05) is 84.0 Å². The smallest absolute Gasteiger partial charge is 0.221 e. The fourth-order valence-electron chi connectivity index (χ4n) is 5.14. The Morgan fingerprint density at radius 2 is 0.679 bits per heavy atom. The maximum atomic E-state index is 11.0. The van der Waals surface area contributed by atoms with Crippen LogP contribution in [-0.2, 0) is 47.4 Å². The predicted octanol–water partition coefficient (Wildman–Crippen LogP) is 7.26. The number of ether oxygens (including phenoxy) is 10. The van der Waals surface area contributed by atoms with Crippen molar-refractivity contribution in [2.75, 3.05) is 131 Å². The van der Waals surface area contributed by atoms with E-state index >= 15 is 0 Å². The van der Waals surface area contributed by atoms with Crippen LogP contribution in [0.2, 0.25) is 0 Å². The normalized spacial score (nSPS) is 11.4. The lowest BCUT2D eigenvalue weighted by Crippen LogP contribution is -2.15. The molecule has 1 aromatic carbocycles. The van der Waals surface area contributed by atoms with Crippen molar-refractivity contribution in [2.45, 2.75) is 97.3 Å². The Morgan fingerprint density at radius 3 is 1.00 bits per heavy atom. The molecule has 0 radical (unpaired) electrons. The molecule has 1 aromatic rings. The van der Waals surface area contributed by atoms with E-state index in [2.05, 4.69) is 12.2 Å². The standard InChI is InChI=1S/C41H75NO11/c1-3-4-5-6-7-8-9-10-11-12-13-14-15-20-44-21-22-45-23-24-46-25-26-47-27-28-48-29-30-49-31-32-50-33-34-51-35-36-52-37-38-53-41-18-16-40(17-19-41)42-39(2)43/h16-19H,3-15,20-38H2,1-2H3,(H,42,43). The van der Waals surface area contributed by atoms with Gasteiger partial charge < -0.3 is 52.7 Å². The Hall–Kier alpha value is -1.87. The summed E-state index contributed by atoms with van der Waals surface area (Å²) in [5.74, 6) is 0.617. The van der Waals surface area contributed by atoms with Crippen molar-refractivity contribution in [3.63, 3.8) is 0 Å². The third-order valence-electron chi connectivity index (χ3n) is 8.04. The van der Waals surface area contributed by atoms with Crippen LogP contribution in [0.5, 0.6) is 5.75 Å². The molecule has 12 heteroatoms. The Kier molecular flexibility index (Phi) is 38.3. The van der Waals surface area contributed by atoms with Crippen molar-refractivity contribution >= 4 is 11.6 Å². The van der Waals surface area contributed by atoms with Gasteiger partial charge in [0.2, 0.25) is 5.91 Å². The number of carbonyl (C=O) groups is 1. The highest BCUT2D eigenvalue weighted by molar-refractivity contribution is 5.88. The molecule has 1 rings (SSSR count). The van der Waals surface area contributed by atoms with Crippen LogP contribution in [-0.4, -0.2) is 131 Å². The number of benzene rings is 1. The summed E-state index contributed by atoms with van der Waals surface area (Å²) in [6.45, 7) is 14.0. The van der Waals surface area contributed by atoms with Gasteiger partial charge in [0.25, 0.3) is 0 Å². The summed E-state index contributed by atoms with van der Waals surface area (Å²) in [5.41, 5.74) is 0.736. The summed E-state index contributed by atoms with van der Waals surface area (Å²) in [7, 11) is 0. The molecule has 12 nitrogen and oxygen atoms in total. The number of nitrogens with one attached hydrogen (secondary N) is 1. The van der Waals surface area contributed by atoms with Crippen LogP contribution in [0.4, 0.5) is 5.69 Å². The van der Waals surface area contributed by atoms with Crippen LogP contribution in [0, 0.1) is 0 Å². The third kappa shape index (κ3) is 38.2. The average Bonchev–Trinajstić information content (AvgIpc) is 3.16. The highest BCUT2D eigenvalue weighted by Crippen LogP contribution is 2.15. The van der Waals surface area contributed by atoms with Crippen molar-refractivity contribution in [1.82, 2.24) is 0 Å². The van der Waals surface area contributed by atoms with Crippen molar-refractivity contribution < 1.29 is 52.2 Å². The molecule has 310 valence electrons. The Bertz CT molecular complexity index is 878. The minimum Gasteiger partial charge on any atom is -0.491 e. The van der Waals surface area contributed by atoms with E-state index < -0.39 is 0 Å². The van der Waals surface area contributed by atoms with Gasteiger partial charge in [0.1, 0.15) is 12.4 Å². The van der Waals surface area contributed by atoms with Crippen LogP contribution in [0.15, 0.2) is 24.3 Å². The first-order valence-electron chi connectivity index (χ1n) is 20.4. The lowest BCUT2D eigenvalue weighted by atomic mass is 10.0. The summed E-state index contributed by atoms with van der Waals surface area (Å²) in [6.07, 6.45) is 17.8. The van der Waals surface area contributed by atoms with E-state index in [1.807, 2.05) is 0 Å². The van der Waals surface area contributed by atoms with Gasteiger partial charge in [0, 0.05) is 19.2 Å².